The van der Waals surface area contributed by atoms with Crippen molar-refractivity contribution in [1.82, 2.24) is 9.55 Å². The summed E-state index contributed by atoms with van der Waals surface area (Å²) in [5.74, 6) is 0.413. The van der Waals surface area contributed by atoms with Gasteiger partial charge in [-0.2, -0.15) is 13.2 Å². The average molecular weight is 325 g/mol. The summed E-state index contributed by atoms with van der Waals surface area (Å²) in [4.78, 5) is 15.8. The van der Waals surface area contributed by atoms with Gasteiger partial charge in [-0.15, -0.1) is 0 Å². The van der Waals surface area contributed by atoms with Crippen molar-refractivity contribution in [1.29, 1.82) is 0 Å². The van der Waals surface area contributed by atoms with Crippen molar-refractivity contribution in [2.45, 2.75) is 38.0 Å². The van der Waals surface area contributed by atoms with Gasteiger partial charge in [-0.1, -0.05) is 24.4 Å². The van der Waals surface area contributed by atoms with Crippen LogP contribution >= 0.6 is 11.6 Å². The standard InChI is InChI=1S/C12H16ClF3N4O/c13-9-5-18-10(11(21)20(9)6-12(14,15)16)19-8(4-17)3-7-1-2-7/h5,7-8H,1-4,6,17H2,(H,18,19)/t8-/m0/s1. The van der Waals surface area contributed by atoms with Gasteiger partial charge in [0.25, 0.3) is 5.56 Å². The van der Waals surface area contributed by atoms with Gasteiger partial charge in [0.2, 0.25) is 0 Å². The Morgan fingerprint density at radius 2 is 2.19 bits per heavy atom. The van der Waals surface area contributed by atoms with Crippen molar-refractivity contribution < 1.29 is 13.2 Å². The van der Waals surface area contributed by atoms with Crippen LogP contribution in [0.15, 0.2) is 11.0 Å². The summed E-state index contributed by atoms with van der Waals surface area (Å²) in [5, 5.41) is 2.47. The molecule has 1 fully saturated rings. The summed E-state index contributed by atoms with van der Waals surface area (Å²) < 4.78 is 37.8. The summed E-state index contributed by atoms with van der Waals surface area (Å²) in [6.07, 6.45) is -0.496. The SMILES string of the molecule is NC[C@H](CC1CC1)Nc1ncc(Cl)n(CC(F)(F)F)c1=O. The summed E-state index contributed by atoms with van der Waals surface area (Å²) >= 11 is 5.62. The van der Waals surface area contributed by atoms with Gasteiger partial charge in [-0.05, 0) is 12.3 Å². The van der Waals surface area contributed by atoms with Crippen molar-refractivity contribution in [3.63, 3.8) is 0 Å². The van der Waals surface area contributed by atoms with E-state index < -0.39 is 18.3 Å². The second-order valence-electron chi connectivity index (χ2n) is 5.19. The number of nitrogens with two attached hydrogens (primary N) is 1. The summed E-state index contributed by atoms with van der Waals surface area (Å²) in [6, 6.07) is -0.182. The Labute approximate surface area is 124 Å². The highest BCUT2D eigenvalue weighted by molar-refractivity contribution is 6.29. The van der Waals surface area contributed by atoms with E-state index in [1.807, 2.05) is 0 Å². The summed E-state index contributed by atoms with van der Waals surface area (Å²) in [5.41, 5.74) is 4.72. The minimum Gasteiger partial charge on any atom is -0.361 e. The third-order valence-corrected chi connectivity index (χ3v) is 3.58. The number of alkyl halides is 3. The van der Waals surface area contributed by atoms with E-state index >= 15 is 0 Å². The average Bonchev–Trinajstić information content (AvgIpc) is 3.19. The maximum absolute atomic E-state index is 12.5. The number of halogens is 4. The lowest BCUT2D eigenvalue weighted by atomic mass is 10.1. The van der Waals surface area contributed by atoms with Crippen LogP contribution in [0.25, 0.3) is 0 Å². The molecule has 1 atom stereocenters. The van der Waals surface area contributed by atoms with Gasteiger partial charge in [0, 0.05) is 12.6 Å². The number of hydrogen-bond acceptors (Lipinski definition) is 4. The maximum Gasteiger partial charge on any atom is 0.406 e. The van der Waals surface area contributed by atoms with E-state index in [1.54, 1.807) is 0 Å². The van der Waals surface area contributed by atoms with Crippen LogP contribution in [0.3, 0.4) is 0 Å². The molecule has 0 amide bonds. The Morgan fingerprint density at radius 1 is 1.52 bits per heavy atom. The lowest BCUT2D eigenvalue weighted by molar-refractivity contribution is -0.141. The normalized spacial score (nSPS) is 16.8. The molecule has 0 saturated heterocycles. The first-order valence-electron chi connectivity index (χ1n) is 6.59. The van der Waals surface area contributed by atoms with Crippen LogP contribution in [0.2, 0.25) is 5.15 Å². The van der Waals surface area contributed by atoms with Crippen LogP contribution < -0.4 is 16.6 Å². The molecule has 0 unspecified atom stereocenters. The lowest BCUT2D eigenvalue weighted by Crippen LogP contribution is -2.36. The molecule has 21 heavy (non-hydrogen) atoms. The molecule has 1 aliphatic carbocycles. The molecule has 0 radical (unpaired) electrons. The van der Waals surface area contributed by atoms with E-state index in [1.165, 1.54) is 0 Å². The van der Waals surface area contributed by atoms with Gasteiger partial charge in [-0.3, -0.25) is 9.36 Å². The van der Waals surface area contributed by atoms with E-state index in [4.69, 9.17) is 17.3 Å². The zero-order valence-electron chi connectivity index (χ0n) is 11.2. The Morgan fingerprint density at radius 3 is 2.71 bits per heavy atom. The largest absolute Gasteiger partial charge is 0.406 e. The molecule has 0 spiro atoms. The molecule has 9 heteroatoms. The van der Waals surface area contributed by atoms with E-state index in [9.17, 15) is 18.0 Å². The number of nitrogens with one attached hydrogen (secondary N) is 1. The number of hydrogen-bond donors (Lipinski definition) is 2. The topological polar surface area (TPSA) is 72.9 Å². The Balaban J connectivity index is 2.19. The predicted octanol–water partition coefficient (Wildman–Crippen LogP) is 2.00. The highest BCUT2D eigenvalue weighted by Crippen LogP contribution is 2.33. The first-order valence-corrected chi connectivity index (χ1v) is 6.96. The molecule has 0 bridgehead atoms. The van der Waals surface area contributed by atoms with Crippen molar-refractivity contribution in [3.05, 3.63) is 21.7 Å². The zero-order valence-corrected chi connectivity index (χ0v) is 11.9. The van der Waals surface area contributed by atoms with Crippen LogP contribution in [0, 0.1) is 5.92 Å². The molecular weight excluding hydrogens is 309 g/mol. The molecule has 3 N–H and O–H groups in total. The summed E-state index contributed by atoms with van der Waals surface area (Å²) in [6.45, 7) is -1.17. The van der Waals surface area contributed by atoms with Crippen molar-refractivity contribution in [2.75, 3.05) is 11.9 Å². The molecule has 5 nitrogen and oxygen atoms in total. The molecule has 1 aromatic rings. The predicted molar refractivity (Wildman–Crippen MR) is 73.4 cm³/mol. The van der Waals surface area contributed by atoms with Crippen LogP contribution in [0.4, 0.5) is 19.0 Å². The molecule has 1 aromatic heterocycles. The van der Waals surface area contributed by atoms with Gasteiger partial charge in [0.05, 0.1) is 6.20 Å². The molecule has 0 aliphatic heterocycles. The molecule has 1 heterocycles. The number of rotatable bonds is 6. The Hall–Kier alpha value is -1.28. The fourth-order valence-electron chi connectivity index (χ4n) is 2.06. The lowest BCUT2D eigenvalue weighted by Gasteiger charge is -2.18. The number of anilines is 1. The molecule has 1 aliphatic rings. The third kappa shape index (κ3) is 4.60. The van der Waals surface area contributed by atoms with Crippen LogP contribution in [0.1, 0.15) is 19.3 Å². The van der Waals surface area contributed by atoms with E-state index in [0.717, 1.165) is 25.5 Å². The molecule has 1 saturated carbocycles. The molecular formula is C12H16ClF3N4O. The van der Waals surface area contributed by atoms with Gasteiger partial charge in [0.15, 0.2) is 5.82 Å². The fourth-order valence-corrected chi connectivity index (χ4v) is 2.24. The highest BCUT2D eigenvalue weighted by Gasteiger charge is 2.30. The minimum absolute atomic E-state index is 0.153. The third-order valence-electron chi connectivity index (χ3n) is 3.28. The second kappa shape index (κ2) is 6.23. The van der Waals surface area contributed by atoms with E-state index in [-0.39, 0.29) is 23.6 Å². The zero-order chi connectivity index (χ0) is 15.6. The van der Waals surface area contributed by atoms with Crippen LogP contribution in [0.5, 0.6) is 0 Å². The van der Waals surface area contributed by atoms with Crippen molar-refractivity contribution in [2.24, 2.45) is 11.7 Å². The Bertz CT molecular complexity index is 556. The monoisotopic (exact) mass is 324 g/mol. The fraction of sp³-hybridized carbons (Fsp3) is 0.667. The van der Waals surface area contributed by atoms with E-state index in [0.29, 0.717) is 10.5 Å². The van der Waals surface area contributed by atoms with E-state index in [2.05, 4.69) is 10.3 Å². The minimum atomic E-state index is -4.53. The first-order chi connectivity index (χ1) is 9.80. The molecule has 0 aromatic carbocycles. The van der Waals surface area contributed by atoms with Gasteiger partial charge >= 0.3 is 6.18 Å². The van der Waals surface area contributed by atoms with Crippen molar-refractivity contribution >= 4 is 17.4 Å². The van der Waals surface area contributed by atoms with Gasteiger partial charge in [-0.25, -0.2) is 4.98 Å². The Kier molecular flexibility index (Phi) is 4.77. The molecule has 118 valence electrons. The quantitative estimate of drug-likeness (QED) is 0.839. The van der Waals surface area contributed by atoms with Crippen LogP contribution in [-0.4, -0.2) is 28.3 Å². The second-order valence-corrected chi connectivity index (χ2v) is 5.58. The highest BCUT2D eigenvalue weighted by atomic mass is 35.5. The number of aromatic nitrogens is 2. The first kappa shape index (κ1) is 16.1. The van der Waals surface area contributed by atoms with Gasteiger partial charge in [0.1, 0.15) is 11.7 Å². The van der Waals surface area contributed by atoms with Crippen LogP contribution in [-0.2, 0) is 6.54 Å². The molecule has 2 rings (SSSR count). The van der Waals surface area contributed by atoms with Crippen molar-refractivity contribution in [3.8, 4) is 0 Å². The smallest absolute Gasteiger partial charge is 0.361 e. The van der Waals surface area contributed by atoms with Gasteiger partial charge < -0.3 is 11.1 Å². The number of nitrogens with zero attached hydrogens (tertiary/aromatic N) is 2. The maximum atomic E-state index is 12.5. The summed E-state index contributed by atoms with van der Waals surface area (Å²) in [7, 11) is 0.